The predicted octanol–water partition coefficient (Wildman–Crippen LogP) is 2.53. The van der Waals surface area contributed by atoms with Crippen LogP contribution >= 0.6 is 23.2 Å². The van der Waals surface area contributed by atoms with Crippen molar-refractivity contribution in [2.24, 2.45) is 0 Å². The zero-order chi connectivity index (χ0) is 23.8. The number of piperazine rings is 1. The zero-order valence-corrected chi connectivity index (χ0v) is 19.2. The third-order valence-corrected chi connectivity index (χ3v) is 5.93. The largest absolute Gasteiger partial charge is 0.394 e. The maximum absolute atomic E-state index is 13.1. The summed E-state index contributed by atoms with van der Waals surface area (Å²) in [6.45, 7) is 0.345. The van der Waals surface area contributed by atoms with E-state index in [2.05, 4.69) is 30.6 Å². The normalized spacial score (nSPS) is 14.9. The van der Waals surface area contributed by atoms with Gasteiger partial charge in [0.2, 0.25) is 11.7 Å². The molecule has 1 aliphatic heterocycles. The predicted molar refractivity (Wildman–Crippen MR) is 128 cm³/mol. The third-order valence-electron chi connectivity index (χ3n) is 5.46. The summed E-state index contributed by atoms with van der Waals surface area (Å²) in [5.74, 6) is -0.00591. The van der Waals surface area contributed by atoms with Gasteiger partial charge in [-0.3, -0.25) is 9.59 Å². The van der Waals surface area contributed by atoms with Gasteiger partial charge in [0, 0.05) is 28.5 Å². The lowest BCUT2D eigenvalue weighted by Gasteiger charge is -2.26. The maximum atomic E-state index is 13.1. The highest BCUT2D eigenvalue weighted by molar-refractivity contribution is 6.31. The molecule has 10 nitrogen and oxygen atoms in total. The Labute approximate surface area is 203 Å². The fourth-order valence-corrected chi connectivity index (χ4v) is 4.13. The van der Waals surface area contributed by atoms with Crippen LogP contribution in [0.5, 0.6) is 0 Å². The zero-order valence-electron chi connectivity index (χ0n) is 17.7. The van der Waals surface area contributed by atoms with Gasteiger partial charge in [0.25, 0.3) is 5.91 Å². The molecule has 0 aliphatic carbocycles. The summed E-state index contributed by atoms with van der Waals surface area (Å²) in [4.78, 5) is 42.7. The van der Waals surface area contributed by atoms with Crippen molar-refractivity contribution in [1.29, 1.82) is 0 Å². The number of carbonyl (C=O) groups is 2. The molecule has 2 aromatic carbocycles. The molecule has 4 N–H and O–H groups in total. The molecule has 34 heavy (non-hydrogen) atoms. The number of hydrogen-bond donors (Lipinski definition) is 4. The highest BCUT2D eigenvalue weighted by Gasteiger charge is 2.26. The summed E-state index contributed by atoms with van der Waals surface area (Å²) < 4.78 is 0. The van der Waals surface area contributed by atoms with Crippen molar-refractivity contribution in [2.75, 3.05) is 31.6 Å². The van der Waals surface area contributed by atoms with E-state index in [0.29, 0.717) is 51.2 Å². The molecule has 1 saturated heterocycles. The number of aromatic amines is 1. The molecule has 2 aromatic heterocycles. The van der Waals surface area contributed by atoms with E-state index in [-0.39, 0.29) is 24.9 Å². The van der Waals surface area contributed by atoms with E-state index in [1.807, 2.05) is 0 Å². The molecule has 0 saturated carbocycles. The summed E-state index contributed by atoms with van der Waals surface area (Å²) in [7, 11) is 0. The first-order chi connectivity index (χ1) is 16.4. The minimum Gasteiger partial charge on any atom is -0.394 e. The van der Waals surface area contributed by atoms with Gasteiger partial charge < -0.3 is 25.6 Å². The van der Waals surface area contributed by atoms with E-state index < -0.39 is 11.9 Å². The smallest absolute Gasteiger partial charge is 0.292 e. The maximum Gasteiger partial charge on any atom is 0.292 e. The van der Waals surface area contributed by atoms with Gasteiger partial charge in [-0.15, -0.1) is 0 Å². The molecule has 5 rings (SSSR count). The number of amides is 2. The van der Waals surface area contributed by atoms with Crippen LogP contribution in [0.4, 0.5) is 5.82 Å². The van der Waals surface area contributed by atoms with Crippen LogP contribution in [0.25, 0.3) is 21.9 Å². The van der Waals surface area contributed by atoms with Gasteiger partial charge in [-0.25, -0.2) is 15.0 Å². The second-order valence-corrected chi connectivity index (χ2v) is 8.67. The van der Waals surface area contributed by atoms with Gasteiger partial charge in [-0.1, -0.05) is 23.2 Å². The van der Waals surface area contributed by atoms with Crippen molar-refractivity contribution >= 4 is 62.8 Å². The van der Waals surface area contributed by atoms with Crippen molar-refractivity contribution in [3.05, 3.63) is 58.1 Å². The minimum absolute atomic E-state index is 0.0651. The number of carbonyl (C=O) groups excluding carboxylic acids is 2. The second kappa shape index (κ2) is 9.05. The molecule has 1 atom stereocenters. The van der Waals surface area contributed by atoms with Gasteiger partial charge in [0.05, 0.1) is 23.2 Å². The van der Waals surface area contributed by atoms with Crippen molar-refractivity contribution in [1.82, 2.24) is 30.2 Å². The highest BCUT2D eigenvalue weighted by atomic mass is 35.5. The number of benzene rings is 2. The van der Waals surface area contributed by atoms with Crippen LogP contribution < -0.4 is 10.6 Å². The van der Waals surface area contributed by atoms with E-state index in [0.717, 1.165) is 5.52 Å². The lowest BCUT2D eigenvalue weighted by atomic mass is 10.2. The number of aliphatic hydroxyl groups excluding tert-OH is 1. The topological polar surface area (TPSA) is 136 Å². The van der Waals surface area contributed by atoms with Crippen molar-refractivity contribution in [2.45, 2.75) is 6.04 Å². The molecule has 0 unspecified atom stereocenters. The highest BCUT2D eigenvalue weighted by Crippen LogP contribution is 2.28. The number of fused-ring (bicyclic) bond motifs is 2. The molecule has 0 bridgehead atoms. The standard InChI is InChI=1S/C22H19Cl2N7O3/c23-11-1-3-14-13(7-11)19(30-21(26-14)22(34)31-6-5-25-18(33)9-31)29-17(10-32)20-27-15-4-2-12(24)8-16(15)28-20/h1-4,7-8,17,32H,5-6,9-10H2,(H,25,33)(H,27,28)(H,26,29,30)/t17-/m1/s1. The number of halogens is 2. The van der Waals surface area contributed by atoms with Crippen LogP contribution in [0.3, 0.4) is 0 Å². The van der Waals surface area contributed by atoms with Crippen LogP contribution in [0.1, 0.15) is 22.5 Å². The summed E-state index contributed by atoms with van der Waals surface area (Å²) in [5, 5.41) is 17.5. The van der Waals surface area contributed by atoms with Crippen molar-refractivity contribution in [3.8, 4) is 0 Å². The number of imidazole rings is 1. The molecule has 1 aliphatic rings. The summed E-state index contributed by atoms with van der Waals surface area (Å²) >= 11 is 12.3. The Morgan fingerprint density at radius 3 is 2.71 bits per heavy atom. The Balaban J connectivity index is 1.54. The number of H-pyrrole nitrogens is 1. The summed E-state index contributed by atoms with van der Waals surface area (Å²) in [5.41, 5.74) is 1.90. The quantitative estimate of drug-likeness (QED) is 0.331. The first kappa shape index (κ1) is 22.3. The molecule has 174 valence electrons. The SMILES string of the molecule is O=C1CN(C(=O)c2nc(N[C@H](CO)c3nc4cc(Cl)ccc4[nH]3)c3cc(Cl)ccc3n2)CCN1. The Bertz CT molecular complexity index is 1420. The molecule has 4 aromatic rings. The molecule has 0 spiro atoms. The lowest BCUT2D eigenvalue weighted by molar-refractivity contribution is -0.123. The Hall–Kier alpha value is -3.47. The number of aliphatic hydroxyl groups is 1. The Kier molecular flexibility index (Phi) is 5.94. The Morgan fingerprint density at radius 2 is 1.91 bits per heavy atom. The van der Waals surface area contributed by atoms with Crippen molar-refractivity contribution < 1.29 is 14.7 Å². The molecular weight excluding hydrogens is 481 g/mol. The van der Waals surface area contributed by atoms with E-state index in [4.69, 9.17) is 23.2 Å². The van der Waals surface area contributed by atoms with E-state index in [9.17, 15) is 14.7 Å². The van der Waals surface area contributed by atoms with Crippen LogP contribution in [0, 0.1) is 0 Å². The molecule has 2 amide bonds. The monoisotopic (exact) mass is 499 g/mol. The van der Waals surface area contributed by atoms with Crippen molar-refractivity contribution in [3.63, 3.8) is 0 Å². The summed E-state index contributed by atoms with van der Waals surface area (Å²) in [6, 6.07) is 9.61. The van der Waals surface area contributed by atoms with Gasteiger partial charge in [0.1, 0.15) is 24.2 Å². The van der Waals surface area contributed by atoms with Crippen LogP contribution in [-0.2, 0) is 4.79 Å². The number of anilines is 1. The van der Waals surface area contributed by atoms with Gasteiger partial charge in [-0.05, 0) is 36.4 Å². The van der Waals surface area contributed by atoms with Crippen LogP contribution in [0.2, 0.25) is 10.0 Å². The molecule has 0 radical (unpaired) electrons. The summed E-state index contributed by atoms with van der Waals surface area (Å²) in [6.07, 6.45) is 0. The van der Waals surface area contributed by atoms with Crippen LogP contribution in [-0.4, -0.2) is 68.0 Å². The minimum atomic E-state index is -0.674. The first-order valence-corrected chi connectivity index (χ1v) is 11.2. The number of nitrogens with one attached hydrogen (secondary N) is 3. The Morgan fingerprint density at radius 1 is 1.12 bits per heavy atom. The van der Waals surface area contributed by atoms with E-state index >= 15 is 0 Å². The number of rotatable bonds is 5. The molecule has 3 heterocycles. The van der Waals surface area contributed by atoms with E-state index in [1.165, 1.54) is 4.90 Å². The third kappa shape index (κ3) is 4.35. The number of hydrogen-bond acceptors (Lipinski definition) is 7. The molecule has 1 fully saturated rings. The number of nitrogens with zero attached hydrogens (tertiary/aromatic N) is 4. The fraction of sp³-hybridized carbons (Fsp3) is 0.227. The lowest BCUT2D eigenvalue weighted by Crippen LogP contribution is -2.50. The number of aromatic nitrogens is 4. The fourth-order valence-electron chi connectivity index (χ4n) is 3.79. The van der Waals surface area contributed by atoms with Gasteiger partial charge in [0.15, 0.2) is 0 Å². The first-order valence-electron chi connectivity index (χ1n) is 10.5. The molecule has 12 heteroatoms. The van der Waals surface area contributed by atoms with Gasteiger partial charge >= 0.3 is 0 Å². The van der Waals surface area contributed by atoms with Crippen LogP contribution in [0.15, 0.2) is 36.4 Å². The molecular formula is C22H19Cl2N7O3. The second-order valence-electron chi connectivity index (χ2n) is 7.80. The van der Waals surface area contributed by atoms with E-state index in [1.54, 1.807) is 36.4 Å². The average molecular weight is 500 g/mol. The van der Waals surface area contributed by atoms with Gasteiger partial charge in [-0.2, -0.15) is 0 Å². The average Bonchev–Trinajstić information content (AvgIpc) is 3.24.